The molecule has 0 aliphatic carbocycles. The molecule has 11 radical (unpaired) electrons. The second-order valence-corrected chi connectivity index (χ2v) is 1.73. The van der Waals surface area contributed by atoms with Crippen molar-refractivity contribution in [1.29, 1.82) is 0 Å². The molecule has 0 aliphatic rings. The lowest BCUT2D eigenvalue weighted by Crippen LogP contribution is -2.52. The molecule has 0 amide bonds. The van der Waals surface area contributed by atoms with Crippen LogP contribution in [0.15, 0.2) is 0 Å². The fourth-order valence-corrected chi connectivity index (χ4v) is 0.257. The van der Waals surface area contributed by atoms with Crippen molar-refractivity contribution < 1.29 is 0 Å². The number of hydrogen-bond donors (Lipinski definition) is 0. The summed E-state index contributed by atoms with van der Waals surface area (Å²) in [7, 11) is 25.8. The molecule has 0 atom stereocenters. The van der Waals surface area contributed by atoms with Crippen molar-refractivity contribution in [3.05, 3.63) is 0 Å². The molecule has 0 unspecified atom stereocenters. The molecule has 0 saturated carbocycles. The Kier molecular flexibility index (Phi) is 3.76. The minimum Gasteiger partial charge on any atom is -0.687 e. The first-order valence-electron chi connectivity index (χ1n) is 2.33. The monoisotopic (exact) mass is 88.1 g/mol. The lowest BCUT2D eigenvalue weighted by Gasteiger charge is -2.26. The van der Waals surface area contributed by atoms with E-state index in [4.69, 9.17) is 38.7 Å². The Balaban J connectivity index is 3.46. The van der Waals surface area contributed by atoms with Gasteiger partial charge in [-0.2, -0.15) is 0 Å². The van der Waals surface area contributed by atoms with Crippen molar-refractivity contribution in [2.24, 2.45) is 0 Å². The minimum atomic E-state index is -0.630. The summed E-state index contributed by atoms with van der Waals surface area (Å²) in [6.07, 6.45) is -1.78. The van der Waals surface area contributed by atoms with E-state index in [-0.39, 0.29) is 0 Å². The van der Waals surface area contributed by atoms with E-state index in [2.05, 4.69) is 0 Å². The van der Waals surface area contributed by atoms with Crippen LogP contribution in [0.25, 0.3) is 0 Å². The van der Waals surface area contributed by atoms with Gasteiger partial charge in [-0.25, -0.2) is 6.39 Å². The maximum absolute atomic E-state index is 5.26. The molecule has 0 aromatic carbocycles. The maximum atomic E-state index is 5.26. The average molecular weight is 86.5 g/mol. The van der Waals surface area contributed by atoms with Crippen LogP contribution >= 0.6 is 0 Å². The summed E-state index contributed by atoms with van der Waals surface area (Å²) in [5.74, 6) is 0. The fraction of sp³-hybridized carbons (Fsp3) is 0. The smallest absolute Gasteiger partial charge is 0.000103 e. The molecule has 0 spiro atoms. The predicted molar refractivity (Wildman–Crippen MR) is 46.0 cm³/mol. The van der Waals surface area contributed by atoms with Gasteiger partial charge in [0.1, 0.15) is 0 Å². The number of hydrogen-bond acceptors (Lipinski definition) is 0. The van der Waals surface area contributed by atoms with E-state index in [1.165, 1.54) is 0 Å². The van der Waals surface area contributed by atoms with Crippen molar-refractivity contribution in [2.45, 2.75) is 0 Å². The molecule has 0 rings (SSSR count). The molecule has 0 heterocycles. The van der Waals surface area contributed by atoms with E-state index in [0.717, 1.165) is 0 Å². The first-order valence-corrected chi connectivity index (χ1v) is 2.33. The van der Waals surface area contributed by atoms with Crippen LogP contribution in [0.1, 0.15) is 0 Å². The highest BCUT2D eigenvalue weighted by Crippen LogP contribution is 1.76. The fourth-order valence-electron chi connectivity index (χ4n) is 0.257. The van der Waals surface area contributed by atoms with E-state index in [1.807, 2.05) is 0 Å². The molecule has 8 heavy (non-hydrogen) atoms. The van der Waals surface area contributed by atoms with Gasteiger partial charge in [-0.15, -0.1) is 0 Å². The summed E-state index contributed by atoms with van der Waals surface area (Å²) < 4.78 is 0. The first kappa shape index (κ1) is 8.52. The second kappa shape index (κ2) is 3.53. The zero-order chi connectivity index (χ0) is 6.73. The molecule has 8 heteroatoms. The summed E-state index contributed by atoms with van der Waals surface area (Å²) in [6, 6.07) is 0. The standard InChI is InChI=1S/B8/c1-6(2)8(5)7(3)4/q-1. The van der Waals surface area contributed by atoms with E-state index in [1.54, 1.807) is 0 Å². The molecule has 0 saturated heterocycles. The van der Waals surface area contributed by atoms with Crippen molar-refractivity contribution in [1.82, 2.24) is 0 Å². The highest BCUT2D eigenvalue weighted by atomic mass is 13.0. The summed E-state index contributed by atoms with van der Waals surface area (Å²) in [4.78, 5) is 0. The zero-order valence-electron chi connectivity index (χ0n) is 4.62. The molecular weight excluding hydrogens is 86.5 g/mol. The van der Waals surface area contributed by atoms with Gasteiger partial charge < -0.3 is 7.74 Å². The van der Waals surface area contributed by atoms with Crippen LogP contribution in [-0.4, -0.2) is 57.8 Å². The molecule has 0 fully saturated rings. The SMILES string of the molecule is [B]B([B])B([B])B([B])[B-]. The predicted octanol–water partition coefficient (Wildman–Crippen LogP) is -3.05. The van der Waals surface area contributed by atoms with Gasteiger partial charge in [0, 0.05) is 0 Å². The van der Waals surface area contributed by atoms with Crippen molar-refractivity contribution in [3.8, 4) is 0 Å². The van der Waals surface area contributed by atoms with Crippen molar-refractivity contribution >= 4 is 57.8 Å². The Morgan fingerprint density at radius 1 is 1.00 bits per heavy atom. The zero-order valence-corrected chi connectivity index (χ0v) is 4.62. The van der Waals surface area contributed by atoms with Gasteiger partial charge in [-0.3, -0.25) is 0 Å². The van der Waals surface area contributed by atoms with E-state index >= 15 is 0 Å². The quantitative estimate of drug-likeness (QED) is 0.314. The van der Waals surface area contributed by atoms with E-state index in [0.29, 0.717) is 0 Å². The number of rotatable bonds is 2. The van der Waals surface area contributed by atoms with Gasteiger partial charge in [0.2, 0.25) is 0 Å². The maximum Gasteiger partial charge on any atom is -0.000103 e. The minimum absolute atomic E-state index is 0.519. The Morgan fingerprint density at radius 2 is 1.38 bits per heavy atom. The summed E-state index contributed by atoms with van der Waals surface area (Å²) in [5.41, 5.74) is 0. The van der Waals surface area contributed by atoms with Crippen LogP contribution in [-0.2, 0) is 0 Å². The first-order chi connectivity index (χ1) is 3.55. The second-order valence-electron chi connectivity index (χ2n) is 1.73. The molecule has 0 aromatic rings. The molecule has 0 bridgehead atoms. The third-order valence-electron chi connectivity index (χ3n) is 0.889. The summed E-state index contributed by atoms with van der Waals surface area (Å²) >= 11 is 0. The van der Waals surface area contributed by atoms with Gasteiger partial charge in [0.15, 0.2) is 0 Å². The van der Waals surface area contributed by atoms with Crippen LogP contribution in [0.4, 0.5) is 0 Å². The van der Waals surface area contributed by atoms with Gasteiger partial charge in [0.25, 0.3) is 0 Å². The van der Waals surface area contributed by atoms with Crippen molar-refractivity contribution in [2.75, 3.05) is 0 Å². The third kappa shape index (κ3) is 2.74. The summed E-state index contributed by atoms with van der Waals surface area (Å²) in [5, 5.41) is 0. The van der Waals surface area contributed by atoms with Crippen LogP contribution < -0.4 is 0 Å². The van der Waals surface area contributed by atoms with Gasteiger partial charge in [-0.1, -0.05) is 0 Å². The van der Waals surface area contributed by atoms with Crippen LogP contribution in [0, 0.1) is 0 Å². The van der Waals surface area contributed by atoms with Gasteiger partial charge in [0.05, 0.1) is 0 Å². The van der Waals surface area contributed by atoms with Crippen LogP contribution in [0.3, 0.4) is 0 Å². The molecule has 0 nitrogen and oxygen atoms in total. The Hall–Kier alpha value is 0.519. The molecule has 0 N–H and O–H groups in total. The highest BCUT2D eigenvalue weighted by Gasteiger charge is 2.06. The molecule has 25 valence electrons. The topological polar surface area (TPSA) is 0 Å². The molecule has 0 aliphatic heterocycles. The van der Waals surface area contributed by atoms with E-state index < -0.39 is 19.2 Å². The van der Waals surface area contributed by atoms with Gasteiger partial charge >= 0.3 is 0 Å². The van der Waals surface area contributed by atoms with Gasteiger partial charge in [-0.05, 0) is 43.7 Å². The largest absolute Gasteiger partial charge is 0.687 e. The van der Waals surface area contributed by atoms with Crippen LogP contribution in [0.5, 0.6) is 0 Å². The Labute approximate surface area is 58.5 Å². The normalized spacial score (nSPS) is 8.12. The van der Waals surface area contributed by atoms with Crippen LogP contribution in [0.2, 0.25) is 0 Å². The lowest BCUT2D eigenvalue weighted by molar-refractivity contribution is 3.62. The summed E-state index contributed by atoms with van der Waals surface area (Å²) in [6.45, 7) is 0. The Bertz CT molecular complexity index is 45.1. The highest BCUT2D eigenvalue weighted by molar-refractivity contribution is 7.89. The third-order valence-corrected chi connectivity index (χ3v) is 0.889. The average Bonchev–Trinajstić information content (AvgIpc) is 1.64. The lowest BCUT2D eigenvalue weighted by atomic mass is 8.68. The van der Waals surface area contributed by atoms with E-state index in [9.17, 15) is 0 Å². The molecular formula is B8-. The molecule has 0 aromatic heterocycles. The van der Waals surface area contributed by atoms with Crippen molar-refractivity contribution in [3.63, 3.8) is 0 Å². The Morgan fingerprint density at radius 3 is 1.38 bits per heavy atom.